The molecule has 0 radical (unpaired) electrons. The summed E-state index contributed by atoms with van der Waals surface area (Å²) in [6.07, 6.45) is 8.67. The van der Waals surface area contributed by atoms with E-state index in [-0.39, 0.29) is 34.2 Å². The summed E-state index contributed by atoms with van der Waals surface area (Å²) >= 11 is 14.4. The van der Waals surface area contributed by atoms with Gasteiger partial charge in [-0.15, -0.1) is 23.2 Å². The van der Waals surface area contributed by atoms with Gasteiger partial charge in [-0.05, 0) is 66.6 Å². The summed E-state index contributed by atoms with van der Waals surface area (Å²) in [7, 11) is 0. The number of piperidine rings is 1. The molecule has 5 rings (SSSR count). The van der Waals surface area contributed by atoms with E-state index in [4.69, 9.17) is 41.2 Å². The number of rotatable bonds is 10. The highest BCUT2D eigenvalue weighted by atomic mass is 35.5. The van der Waals surface area contributed by atoms with Crippen LogP contribution in [0.5, 0.6) is 0 Å². The summed E-state index contributed by atoms with van der Waals surface area (Å²) in [4.78, 5) is 29.5. The van der Waals surface area contributed by atoms with E-state index in [9.17, 15) is 9.59 Å². The third-order valence-corrected chi connectivity index (χ3v) is 8.68. The van der Waals surface area contributed by atoms with Crippen molar-refractivity contribution in [2.75, 3.05) is 17.2 Å². The first-order valence-electron chi connectivity index (χ1n) is 14.5. The van der Waals surface area contributed by atoms with Crippen LogP contribution < -0.4 is 21.7 Å². The first-order chi connectivity index (χ1) is 19.9. The number of hydrogen-bond acceptors (Lipinski definition) is 4. The Labute approximate surface area is 258 Å². The number of nitrogens with zero attached hydrogens (tertiary/aromatic N) is 1. The molecule has 0 unspecified atom stereocenters. The van der Waals surface area contributed by atoms with Crippen LogP contribution in [-0.2, 0) is 22.7 Å². The number of alkyl halides is 2. The molecule has 1 heterocycles. The summed E-state index contributed by atoms with van der Waals surface area (Å²) in [6, 6.07) is 17.6. The Morgan fingerprint density at radius 2 is 1.63 bits per heavy atom. The lowest BCUT2D eigenvalue weighted by Gasteiger charge is -2.33. The van der Waals surface area contributed by atoms with Crippen LogP contribution in [0.1, 0.15) is 62.5 Å². The number of anilines is 1. The number of nitrogens with one attached hydrogen (secondary N) is 3. The zero-order valence-corrected chi connectivity index (χ0v) is 25.7. The maximum atomic E-state index is 14.0. The van der Waals surface area contributed by atoms with Crippen molar-refractivity contribution in [1.82, 2.24) is 15.5 Å². The van der Waals surface area contributed by atoms with Crippen molar-refractivity contribution < 1.29 is 9.59 Å². The van der Waals surface area contributed by atoms with Crippen LogP contribution in [0.3, 0.4) is 0 Å². The van der Waals surface area contributed by atoms with Crippen LogP contribution >= 0.6 is 35.4 Å². The molecule has 0 aromatic heterocycles. The third-order valence-electron chi connectivity index (χ3n) is 8.58. The van der Waals surface area contributed by atoms with Gasteiger partial charge in [-0.2, -0.15) is 0 Å². The van der Waals surface area contributed by atoms with Gasteiger partial charge >= 0.3 is 0 Å². The normalized spacial score (nSPS) is 22.1. The fraction of sp³-hybridized carbons (Fsp3) is 0.516. The number of nitrogens with two attached hydrogens (primary N) is 1. The first-order valence-corrected chi connectivity index (χ1v) is 16.0. The van der Waals surface area contributed by atoms with Crippen molar-refractivity contribution in [3.8, 4) is 0 Å². The Hall–Kier alpha value is -2.39. The van der Waals surface area contributed by atoms with Gasteiger partial charge in [-0.1, -0.05) is 74.6 Å². The lowest BCUT2D eigenvalue weighted by molar-refractivity contribution is -0.143. The van der Waals surface area contributed by atoms with Crippen molar-refractivity contribution >= 4 is 58.0 Å². The van der Waals surface area contributed by atoms with E-state index in [1.807, 2.05) is 47.4 Å². The van der Waals surface area contributed by atoms with Gasteiger partial charge in [0, 0.05) is 25.3 Å². The van der Waals surface area contributed by atoms with Crippen molar-refractivity contribution in [2.24, 2.45) is 17.6 Å². The molecule has 0 bridgehead atoms. The highest BCUT2D eigenvalue weighted by Gasteiger charge is 2.68. The molecule has 222 valence electrons. The second kappa shape index (κ2) is 15.2. The van der Waals surface area contributed by atoms with E-state index in [1.165, 1.54) is 37.7 Å². The maximum absolute atomic E-state index is 14.0. The second-order valence-electron chi connectivity index (χ2n) is 11.2. The number of benzene rings is 2. The average Bonchev–Trinajstić information content (AvgIpc) is 3.60. The largest absolute Gasteiger partial charge is 0.376 e. The highest BCUT2D eigenvalue weighted by molar-refractivity contribution is 7.80. The van der Waals surface area contributed by atoms with Gasteiger partial charge in [0.1, 0.15) is 5.54 Å². The Morgan fingerprint density at radius 1 is 0.976 bits per heavy atom. The molecule has 2 aromatic rings. The molecule has 0 spiro atoms. The molecule has 3 atom stereocenters. The summed E-state index contributed by atoms with van der Waals surface area (Å²) in [5.74, 6) is 0.885. The summed E-state index contributed by atoms with van der Waals surface area (Å²) < 4.78 is 0. The summed E-state index contributed by atoms with van der Waals surface area (Å²) in [5, 5.41) is 10.0. The number of likely N-dealkylation sites (tertiary alicyclic amines) is 1. The van der Waals surface area contributed by atoms with E-state index in [2.05, 4.69) is 28.1 Å². The predicted molar refractivity (Wildman–Crippen MR) is 171 cm³/mol. The van der Waals surface area contributed by atoms with E-state index in [0.717, 1.165) is 30.5 Å². The topological polar surface area (TPSA) is 99.5 Å². The van der Waals surface area contributed by atoms with Crippen LogP contribution in [0.25, 0.3) is 0 Å². The molecular formula is C31H41Cl2N5O2S. The molecule has 41 heavy (non-hydrogen) atoms. The van der Waals surface area contributed by atoms with Gasteiger partial charge < -0.3 is 26.6 Å². The Morgan fingerprint density at radius 3 is 2.27 bits per heavy atom. The van der Waals surface area contributed by atoms with Gasteiger partial charge in [-0.3, -0.25) is 9.59 Å². The fourth-order valence-electron chi connectivity index (χ4n) is 6.42. The SMILES string of the molecule is ClCCl.NC(=S)Nc1ccc(CNC(=O)[C@]23C[C@H]2CCN3C(=O)[C@@H](CC2CCCCC2)NCc2ccccc2)cc1. The number of halogens is 2. The van der Waals surface area contributed by atoms with E-state index in [0.29, 0.717) is 25.6 Å². The molecule has 3 fully saturated rings. The van der Waals surface area contributed by atoms with Crippen molar-refractivity contribution in [2.45, 2.75) is 76.0 Å². The molecule has 5 N–H and O–H groups in total. The predicted octanol–water partition coefficient (Wildman–Crippen LogP) is 5.50. The van der Waals surface area contributed by atoms with E-state index < -0.39 is 5.54 Å². The van der Waals surface area contributed by atoms with Crippen molar-refractivity contribution in [3.05, 3.63) is 65.7 Å². The number of carbonyl (C=O) groups is 2. The minimum Gasteiger partial charge on any atom is -0.376 e. The van der Waals surface area contributed by atoms with Crippen LogP contribution in [0.4, 0.5) is 5.69 Å². The molecular weight excluding hydrogens is 577 g/mol. The Kier molecular flexibility index (Phi) is 11.7. The number of carbonyl (C=O) groups excluding carboxylic acids is 2. The lowest BCUT2D eigenvalue weighted by atomic mass is 9.84. The van der Waals surface area contributed by atoms with Crippen LogP contribution in [0.15, 0.2) is 54.6 Å². The monoisotopic (exact) mass is 617 g/mol. The zero-order valence-electron chi connectivity index (χ0n) is 23.4. The molecule has 3 aliphatic rings. The van der Waals surface area contributed by atoms with E-state index in [1.54, 1.807) is 0 Å². The fourth-order valence-corrected chi connectivity index (χ4v) is 6.53. The second-order valence-corrected chi connectivity index (χ2v) is 12.5. The van der Waals surface area contributed by atoms with Gasteiger partial charge in [-0.25, -0.2) is 0 Å². The summed E-state index contributed by atoms with van der Waals surface area (Å²) in [5.41, 5.74) is 7.81. The highest BCUT2D eigenvalue weighted by Crippen LogP contribution is 2.56. The number of amides is 2. The lowest BCUT2D eigenvalue weighted by Crippen LogP contribution is -2.55. The first kappa shape index (κ1) is 31.5. The van der Waals surface area contributed by atoms with Crippen LogP contribution in [-0.4, -0.2) is 45.3 Å². The zero-order chi connectivity index (χ0) is 29.2. The number of fused-ring (bicyclic) bond motifs is 1. The number of thiocarbonyl (C=S) groups is 1. The number of hydrogen-bond donors (Lipinski definition) is 4. The van der Waals surface area contributed by atoms with Crippen molar-refractivity contribution in [1.29, 1.82) is 0 Å². The van der Waals surface area contributed by atoms with Gasteiger partial charge in [0.15, 0.2) is 5.11 Å². The van der Waals surface area contributed by atoms with Crippen LogP contribution in [0.2, 0.25) is 0 Å². The molecule has 1 aliphatic heterocycles. The Bertz CT molecular complexity index is 1160. The maximum Gasteiger partial charge on any atom is 0.246 e. The van der Waals surface area contributed by atoms with E-state index >= 15 is 0 Å². The molecule has 2 aliphatic carbocycles. The standard InChI is InChI=1S/C30H39N5O2S.CH2Cl2/c31-29(38)34-25-13-11-23(12-14-25)20-33-28(37)30-18-24(30)15-16-35(30)27(36)26(17-21-7-3-1-4-8-21)32-19-22-9-5-2-6-10-22;2-1-3/h2,5-6,9-14,21,24,26,32H,1,3-4,7-8,15-20H2,(H,33,37)(H3,31,34,38);1H2/t24-,26-,30+;/m1./s1. The minimum absolute atomic E-state index is 0.0295. The molecule has 1 saturated heterocycles. The molecule has 10 heteroatoms. The third kappa shape index (κ3) is 8.34. The Balaban J connectivity index is 0.00000124. The van der Waals surface area contributed by atoms with Gasteiger partial charge in [0.2, 0.25) is 11.8 Å². The molecule has 7 nitrogen and oxygen atoms in total. The average molecular weight is 619 g/mol. The van der Waals surface area contributed by atoms with Gasteiger partial charge in [0.25, 0.3) is 0 Å². The summed E-state index contributed by atoms with van der Waals surface area (Å²) in [6.45, 7) is 1.73. The van der Waals surface area contributed by atoms with Gasteiger partial charge in [0.05, 0.1) is 11.4 Å². The molecule has 2 aromatic carbocycles. The van der Waals surface area contributed by atoms with Crippen molar-refractivity contribution in [3.63, 3.8) is 0 Å². The van der Waals surface area contributed by atoms with Crippen LogP contribution in [0, 0.1) is 11.8 Å². The molecule has 2 saturated carbocycles. The quantitative estimate of drug-likeness (QED) is 0.207. The smallest absolute Gasteiger partial charge is 0.246 e. The minimum atomic E-state index is -0.691. The molecule has 2 amide bonds.